The second-order valence-electron chi connectivity index (χ2n) is 6.14. The molecular formula is C18H18N2O4. The fraction of sp³-hybridized carbons (Fsp3) is 0.333. The molecule has 124 valence electrons. The molecule has 4 rings (SSSR count). The first-order chi connectivity index (χ1) is 11.7. The normalized spacial score (nSPS) is 17.2. The van der Waals surface area contributed by atoms with Crippen molar-refractivity contribution in [2.24, 2.45) is 5.92 Å². The molecule has 1 aromatic heterocycles. The van der Waals surface area contributed by atoms with Gasteiger partial charge < -0.3 is 20.0 Å². The molecule has 1 fully saturated rings. The molecule has 1 N–H and O–H groups in total. The van der Waals surface area contributed by atoms with E-state index in [0.29, 0.717) is 29.4 Å². The van der Waals surface area contributed by atoms with Gasteiger partial charge in [-0.1, -0.05) is 6.07 Å². The maximum atomic E-state index is 12.5. The Morgan fingerprint density at radius 3 is 2.54 bits per heavy atom. The molecule has 6 nitrogen and oxygen atoms in total. The number of benzene rings is 1. The fourth-order valence-electron chi connectivity index (χ4n) is 2.95. The number of carbonyl (C=O) groups is 1. The number of nitrogens with one attached hydrogen (secondary N) is 1. The average molecular weight is 326 g/mol. The van der Waals surface area contributed by atoms with Crippen molar-refractivity contribution in [3.8, 4) is 11.5 Å². The molecule has 0 saturated heterocycles. The highest BCUT2D eigenvalue weighted by molar-refractivity contribution is 5.94. The van der Waals surface area contributed by atoms with E-state index in [-0.39, 0.29) is 11.9 Å². The van der Waals surface area contributed by atoms with E-state index in [1.165, 1.54) is 24.5 Å². The van der Waals surface area contributed by atoms with Gasteiger partial charge in [0.2, 0.25) is 0 Å². The molecule has 1 atom stereocenters. The number of hydrogen-bond acceptors (Lipinski definition) is 4. The van der Waals surface area contributed by atoms with Gasteiger partial charge in [-0.15, -0.1) is 0 Å². The highest BCUT2D eigenvalue weighted by Gasteiger charge is 2.34. The predicted octanol–water partition coefficient (Wildman–Crippen LogP) is 1.97. The Morgan fingerprint density at radius 2 is 1.83 bits per heavy atom. The van der Waals surface area contributed by atoms with E-state index in [4.69, 9.17) is 9.47 Å². The van der Waals surface area contributed by atoms with Gasteiger partial charge in [0, 0.05) is 12.1 Å². The summed E-state index contributed by atoms with van der Waals surface area (Å²) in [5.74, 6) is 1.73. The van der Waals surface area contributed by atoms with Crippen molar-refractivity contribution in [2.45, 2.75) is 18.9 Å². The topological polar surface area (TPSA) is 74.5 Å². The van der Waals surface area contributed by atoms with Crippen molar-refractivity contribution in [1.29, 1.82) is 0 Å². The van der Waals surface area contributed by atoms with Crippen LogP contribution in [0.25, 0.3) is 0 Å². The van der Waals surface area contributed by atoms with E-state index in [9.17, 15) is 10.0 Å². The van der Waals surface area contributed by atoms with Gasteiger partial charge in [0.25, 0.3) is 5.91 Å². The summed E-state index contributed by atoms with van der Waals surface area (Å²) >= 11 is 0. The maximum Gasteiger partial charge on any atom is 0.252 e. The van der Waals surface area contributed by atoms with E-state index >= 15 is 0 Å². The number of carbonyl (C=O) groups excluding carboxylic acids is 1. The van der Waals surface area contributed by atoms with E-state index in [2.05, 4.69) is 5.32 Å². The monoisotopic (exact) mass is 326 g/mol. The van der Waals surface area contributed by atoms with Crippen LogP contribution in [-0.2, 0) is 0 Å². The zero-order chi connectivity index (χ0) is 16.5. The Morgan fingerprint density at radius 1 is 1.12 bits per heavy atom. The molecule has 1 saturated carbocycles. The highest BCUT2D eigenvalue weighted by atomic mass is 16.6. The molecule has 1 amide bonds. The third-order valence-electron chi connectivity index (χ3n) is 4.37. The van der Waals surface area contributed by atoms with Crippen LogP contribution in [0.1, 0.15) is 34.8 Å². The Bertz CT molecular complexity index is 756. The minimum Gasteiger partial charge on any atom is -0.619 e. The van der Waals surface area contributed by atoms with Gasteiger partial charge in [-0.2, -0.15) is 4.73 Å². The van der Waals surface area contributed by atoms with Crippen molar-refractivity contribution < 1.29 is 19.0 Å². The van der Waals surface area contributed by atoms with E-state index in [0.717, 1.165) is 29.9 Å². The third-order valence-corrected chi connectivity index (χ3v) is 4.37. The van der Waals surface area contributed by atoms with Crippen LogP contribution in [0.5, 0.6) is 11.5 Å². The van der Waals surface area contributed by atoms with Gasteiger partial charge in [-0.3, -0.25) is 4.79 Å². The zero-order valence-corrected chi connectivity index (χ0v) is 13.1. The van der Waals surface area contributed by atoms with Gasteiger partial charge in [0.1, 0.15) is 13.2 Å². The van der Waals surface area contributed by atoms with Crippen LogP contribution in [0.4, 0.5) is 0 Å². The number of amides is 1. The molecule has 1 aliphatic heterocycles. The Balaban J connectivity index is 1.56. The number of pyridine rings is 1. The quantitative estimate of drug-likeness (QED) is 0.688. The summed E-state index contributed by atoms with van der Waals surface area (Å²) in [6, 6.07) is 8.82. The third kappa shape index (κ3) is 2.99. The Hall–Kier alpha value is -2.76. The fourth-order valence-corrected chi connectivity index (χ4v) is 2.95. The molecule has 1 aromatic carbocycles. The minimum absolute atomic E-state index is 0.0621. The van der Waals surface area contributed by atoms with E-state index < -0.39 is 0 Å². The molecule has 1 aliphatic carbocycles. The van der Waals surface area contributed by atoms with Crippen molar-refractivity contribution in [1.82, 2.24) is 5.32 Å². The molecule has 6 heteroatoms. The summed E-state index contributed by atoms with van der Waals surface area (Å²) in [6.45, 7) is 1.10. The molecular weight excluding hydrogens is 308 g/mol. The smallest absolute Gasteiger partial charge is 0.252 e. The van der Waals surface area contributed by atoms with Crippen LogP contribution in [0.15, 0.2) is 42.7 Å². The van der Waals surface area contributed by atoms with Crippen LogP contribution >= 0.6 is 0 Å². The first-order valence-electron chi connectivity index (χ1n) is 8.10. The average Bonchev–Trinajstić information content (AvgIpc) is 3.44. The van der Waals surface area contributed by atoms with Crippen LogP contribution in [0, 0.1) is 11.1 Å². The van der Waals surface area contributed by atoms with E-state index in [1.807, 2.05) is 18.2 Å². The van der Waals surface area contributed by atoms with Crippen molar-refractivity contribution >= 4 is 5.91 Å². The van der Waals surface area contributed by atoms with Crippen molar-refractivity contribution in [3.63, 3.8) is 0 Å². The van der Waals surface area contributed by atoms with Crippen LogP contribution in [0.2, 0.25) is 0 Å². The van der Waals surface area contributed by atoms with Crippen molar-refractivity contribution in [3.05, 3.63) is 59.1 Å². The lowest BCUT2D eigenvalue weighted by molar-refractivity contribution is -0.605. The van der Waals surface area contributed by atoms with Gasteiger partial charge >= 0.3 is 0 Å². The number of aromatic nitrogens is 1. The summed E-state index contributed by atoms with van der Waals surface area (Å²) < 4.78 is 11.9. The van der Waals surface area contributed by atoms with Gasteiger partial charge in [0.05, 0.1) is 11.6 Å². The lowest BCUT2D eigenvalue weighted by atomic mass is 10.0. The summed E-state index contributed by atoms with van der Waals surface area (Å²) in [4.78, 5) is 12.5. The van der Waals surface area contributed by atoms with Crippen molar-refractivity contribution in [2.75, 3.05) is 13.2 Å². The first-order valence-corrected chi connectivity index (χ1v) is 8.10. The number of nitrogens with zero attached hydrogens (tertiary/aromatic N) is 1. The zero-order valence-electron chi connectivity index (χ0n) is 13.1. The maximum absolute atomic E-state index is 12.5. The van der Waals surface area contributed by atoms with Crippen LogP contribution in [-0.4, -0.2) is 19.1 Å². The lowest BCUT2D eigenvalue weighted by Gasteiger charge is -2.23. The predicted molar refractivity (Wildman–Crippen MR) is 85.8 cm³/mol. The molecule has 0 unspecified atom stereocenters. The molecule has 2 aliphatic rings. The number of fused-ring (bicyclic) bond motifs is 1. The summed E-state index contributed by atoms with van der Waals surface area (Å²) in [7, 11) is 0. The molecule has 2 aromatic rings. The van der Waals surface area contributed by atoms with Gasteiger partial charge in [-0.25, -0.2) is 0 Å². The van der Waals surface area contributed by atoms with Gasteiger partial charge in [0.15, 0.2) is 23.9 Å². The summed E-state index contributed by atoms with van der Waals surface area (Å²) in [6.07, 6.45) is 4.83. The van der Waals surface area contributed by atoms with Crippen LogP contribution < -0.4 is 19.5 Å². The first kappa shape index (κ1) is 14.8. The van der Waals surface area contributed by atoms with Gasteiger partial charge in [-0.05, 0) is 36.5 Å². The Kier molecular flexibility index (Phi) is 3.72. The standard InChI is InChI=1S/C18H18N2O4/c21-18(13-5-7-20(22)8-6-13)19-17(12-1-2-12)14-3-4-15-16(11-14)24-10-9-23-15/h3-8,11-12,17H,1-2,9-10H2,(H,19,21)/t17-/m1/s1. The largest absolute Gasteiger partial charge is 0.619 e. The molecule has 0 bridgehead atoms. The molecule has 2 heterocycles. The number of ether oxygens (including phenoxy) is 2. The second-order valence-corrected chi connectivity index (χ2v) is 6.14. The second kappa shape index (κ2) is 6.03. The summed E-state index contributed by atoms with van der Waals surface area (Å²) in [5, 5.41) is 14.2. The minimum atomic E-state index is -0.178. The lowest BCUT2D eigenvalue weighted by Crippen LogP contribution is -2.31. The SMILES string of the molecule is O=C(N[C@@H](c1ccc2c(c1)OCCO2)C1CC1)c1cc[n+]([O-])cc1. The number of hydrogen-bond donors (Lipinski definition) is 1. The highest BCUT2D eigenvalue weighted by Crippen LogP contribution is 2.43. The molecule has 24 heavy (non-hydrogen) atoms. The summed E-state index contributed by atoms with van der Waals surface area (Å²) in [5.41, 5.74) is 1.50. The number of rotatable bonds is 4. The van der Waals surface area contributed by atoms with E-state index in [1.54, 1.807) is 0 Å². The molecule has 0 radical (unpaired) electrons. The Labute approximate surface area is 139 Å². The molecule has 0 spiro atoms. The van der Waals surface area contributed by atoms with Crippen LogP contribution in [0.3, 0.4) is 0 Å².